The summed E-state index contributed by atoms with van der Waals surface area (Å²) >= 11 is 1.09. The molecule has 2 rings (SSSR count). The minimum Gasteiger partial charge on any atom is -0.476 e. The summed E-state index contributed by atoms with van der Waals surface area (Å²) in [5.41, 5.74) is 2.23. The average Bonchev–Trinajstić information content (AvgIpc) is 2.77. The Morgan fingerprint density at radius 3 is 2.22 bits per heavy atom. The van der Waals surface area contributed by atoms with Gasteiger partial charge >= 0.3 is 5.97 Å². The number of benzene rings is 1. The number of nitrogens with zero attached hydrogens (tertiary/aromatic N) is 2. The third-order valence-corrected chi connectivity index (χ3v) is 3.57. The van der Waals surface area contributed by atoms with E-state index in [0.29, 0.717) is 5.01 Å². The summed E-state index contributed by atoms with van der Waals surface area (Å²) in [6, 6.07) is 7.98. The molecule has 0 saturated carbocycles. The van der Waals surface area contributed by atoms with Crippen molar-refractivity contribution in [3.8, 4) is 10.6 Å². The van der Waals surface area contributed by atoms with E-state index < -0.39 is 5.97 Å². The van der Waals surface area contributed by atoms with Crippen LogP contribution in [0.5, 0.6) is 0 Å². The van der Waals surface area contributed by atoms with E-state index in [0.717, 1.165) is 16.9 Å². The maximum atomic E-state index is 10.7. The zero-order valence-electron chi connectivity index (χ0n) is 10.5. The Morgan fingerprint density at radius 2 is 1.78 bits per heavy atom. The lowest BCUT2D eigenvalue weighted by atomic mass is 9.87. The Kier molecular flexibility index (Phi) is 3.17. The van der Waals surface area contributed by atoms with E-state index in [1.807, 2.05) is 24.3 Å². The average molecular weight is 262 g/mol. The van der Waals surface area contributed by atoms with Crippen molar-refractivity contribution >= 4 is 17.3 Å². The van der Waals surface area contributed by atoms with Crippen LogP contribution in [-0.4, -0.2) is 21.3 Å². The summed E-state index contributed by atoms with van der Waals surface area (Å²) in [6.07, 6.45) is 0. The first-order valence-corrected chi connectivity index (χ1v) is 6.37. The van der Waals surface area contributed by atoms with Crippen LogP contribution in [-0.2, 0) is 5.41 Å². The first kappa shape index (κ1) is 12.7. The lowest BCUT2D eigenvalue weighted by Crippen LogP contribution is -2.10. The van der Waals surface area contributed by atoms with Crippen molar-refractivity contribution in [1.29, 1.82) is 0 Å². The van der Waals surface area contributed by atoms with Crippen LogP contribution in [0.15, 0.2) is 24.3 Å². The quantitative estimate of drug-likeness (QED) is 0.902. The Morgan fingerprint density at radius 1 is 1.17 bits per heavy atom. The van der Waals surface area contributed by atoms with Crippen molar-refractivity contribution in [1.82, 2.24) is 10.2 Å². The number of rotatable bonds is 2. The van der Waals surface area contributed by atoms with E-state index in [1.54, 1.807) is 0 Å². The molecule has 0 amide bonds. The minimum absolute atomic E-state index is 0.0184. The fourth-order valence-corrected chi connectivity index (χ4v) is 2.23. The van der Waals surface area contributed by atoms with Gasteiger partial charge in [0, 0.05) is 5.56 Å². The second kappa shape index (κ2) is 4.49. The summed E-state index contributed by atoms with van der Waals surface area (Å²) in [6.45, 7) is 6.44. The van der Waals surface area contributed by atoms with Gasteiger partial charge in [-0.2, -0.15) is 0 Å². The number of aromatic nitrogens is 2. The molecule has 0 aliphatic heterocycles. The van der Waals surface area contributed by atoms with E-state index in [2.05, 4.69) is 31.0 Å². The monoisotopic (exact) mass is 262 g/mol. The molecule has 0 radical (unpaired) electrons. The van der Waals surface area contributed by atoms with Crippen LogP contribution in [0.3, 0.4) is 0 Å². The Hall–Kier alpha value is -1.75. The summed E-state index contributed by atoms with van der Waals surface area (Å²) in [5, 5.41) is 17.0. The molecule has 1 heterocycles. The van der Waals surface area contributed by atoms with Crippen molar-refractivity contribution in [2.45, 2.75) is 26.2 Å². The molecule has 94 valence electrons. The van der Waals surface area contributed by atoms with Crippen molar-refractivity contribution in [2.24, 2.45) is 0 Å². The standard InChI is InChI=1S/C13H14N2O2S/c1-13(2,3)9-6-4-8(5-7-9)10-14-15-11(18-10)12(16)17/h4-7H,1-3H3,(H,16,17). The first-order valence-electron chi connectivity index (χ1n) is 5.55. The number of carboxylic acids is 1. The van der Waals surface area contributed by atoms with Gasteiger partial charge in [-0.25, -0.2) is 4.79 Å². The number of carboxylic acid groups (broad SMARTS) is 1. The maximum absolute atomic E-state index is 10.7. The van der Waals surface area contributed by atoms with E-state index in [-0.39, 0.29) is 10.4 Å². The van der Waals surface area contributed by atoms with Gasteiger partial charge < -0.3 is 5.11 Å². The SMILES string of the molecule is CC(C)(C)c1ccc(-c2nnc(C(=O)O)s2)cc1. The number of hydrogen-bond acceptors (Lipinski definition) is 4. The second-order valence-corrected chi connectivity index (χ2v) is 6.02. The predicted octanol–water partition coefficient (Wildman–Crippen LogP) is 3.20. The van der Waals surface area contributed by atoms with E-state index in [1.165, 1.54) is 5.56 Å². The molecule has 1 aromatic heterocycles. The first-order chi connectivity index (χ1) is 8.38. The number of carbonyl (C=O) groups is 1. The molecule has 0 spiro atoms. The molecule has 0 aliphatic rings. The molecular formula is C13H14N2O2S. The number of aromatic carboxylic acids is 1. The van der Waals surface area contributed by atoms with Gasteiger partial charge in [0.25, 0.3) is 0 Å². The Balaban J connectivity index is 2.31. The maximum Gasteiger partial charge on any atom is 0.367 e. The zero-order chi connectivity index (χ0) is 13.3. The third-order valence-electron chi connectivity index (χ3n) is 2.61. The van der Waals surface area contributed by atoms with Gasteiger partial charge in [-0.3, -0.25) is 0 Å². The molecule has 0 saturated heterocycles. The number of hydrogen-bond donors (Lipinski definition) is 1. The third kappa shape index (κ3) is 2.56. The smallest absolute Gasteiger partial charge is 0.367 e. The van der Waals surface area contributed by atoms with Crippen LogP contribution in [0, 0.1) is 0 Å². The van der Waals surface area contributed by atoms with Crippen LogP contribution in [0.2, 0.25) is 0 Å². The van der Waals surface area contributed by atoms with Gasteiger partial charge in [0.1, 0.15) is 5.01 Å². The highest BCUT2D eigenvalue weighted by molar-refractivity contribution is 7.16. The van der Waals surface area contributed by atoms with Gasteiger partial charge in [0.2, 0.25) is 5.01 Å². The van der Waals surface area contributed by atoms with E-state index in [9.17, 15) is 4.79 Å². The van der Waals surface area contributed by atoms with Crippen LogP contribution in [0.25, 0.3) is 10.6 Å². The van der Waals surface area contributed by atoms with Gasteiger partial charge in [0.05, 0.1) is 0 Å². The van der Waals surface area contributed by atoms with Crippen molar-refractivity contribution in [3.05, 3.63) is 34.8 Å². The molecule has 2 aromatic rings. The molecule has 0 fully saturated rings. The van der Waals surface area contributed by atoms with Crippen molar-refractivity contribution < 1.29 is 9.90 Å². The molecule has 0 unspecified atom stereocenters. The fourth-order valence-electron chi connectivity index (χ4n) is 1.54. The predicted molar refractivity (Wildman–Crippen MR) is 71.0 cm³/mol. The summed E-state index contributed by atoms with van der Waals surface area (Å²) in [5.74, 6) is -1.04. The highest BCUT2D eigenvalue weighted by Crippen LogP contribution is 2.27. The van der Waals surface area contributed by atoms with Gasteiger partial charge in [-0.1, -0.05) is 56.4 Å². The van der Waals surface area contributed by atoms with Gasteiger partial charge in [-0.05, 0) is 11.0 Å². The Bertz CT molecular complexity index is 567. The second-order valence-electron chi connectivity index (χ2n) is 5.04. The molecular weight excluding hydrogens is 248 g/mol. The van der Waals surface area contributed by atoms with Crippen LogP contribution < -0.4 is 0 Å². The molecule has 1 aromatic carbocycles. The van der Waals surface area contributed by atoms with E-state index in [4.69, 9.17) is 5.11 Å². The molecule has 0 bridgehead atoms. The zero-order valence-corrected chi connectivity index (χ0v) is 11.3. The van der Waals surface area contributed by atoms with Crippen LogP contribution in [0.4, 0.5) is 0 Å². The molecule has 0 atom stereocenters. The van der Waals surface area contributed by atoms with Gasteiger partial charge in [-0.15, -0.1) is 10.2 Å². The molecule has 5 heteroatoms. The minimum atomic E-state index is -1.04. The lowest BCUT2D eigenvalue weighted by Gasteiger charge is -2.18. The summed E-state index contributed by atoms with van der Waals surface area (Å²) in [4.78, 5) is 10.7. The van der Waals surface area contributed by atoms with E-state index >= 15 is 0 Å². The highest BCUT2D eigenvalue weighted by atomic mass is 32.1. The van der Waals surface area contributed by atoms with Crippen molar-refractivity contribution in [3.63, 3.8) is 0 Å². The Labute approximate surface area is 109 Å². The topological polar surface area (TPSA) is 63.1 Å². The summed E-state index contributed by atoms with van der Waals surface area (Å²) < 4.78 is 0. The van der Waals surface area contributed by atoms with Gasteiger partial charge in [0.15, 0.2) is 0 Å². The lowest BCUT2D eigenvalue weighted by molar-refractivity contribution is 0.0695. The molecule has 4 nitrogen and oxygen atoms in total. The normalized spacial score (nSPS) is 11.5. The molecule has 18 heavy (non-hydrogen) atoms. The molecule has 0 aliphatic carbocycles. The van der Waals surface area contributed by atoms with Crippen LogP contribution >= 0.6 is 11.3 Å². The fraction of sp³-hybridized carbons (Fsp3) is 0.308. The van der Waals surface area contributed by atoms with Crippen LogP contribution in [0.1, 0.15) is 36.1 Å². The highest BCUT2D eigenvalue weighted by Gasteiger charge is 2.15. The van der Waals surface area contributed by atoms with Crippen molar-refractivity contribution in [2.75, 3.05) is 0 Å². The summed E-state index contributed by atoms with van der Waals surface area (Å²) in [7, 11) is 0. The largest absolute Gasteiger partial charge is 0.476 e. The molecule has 1 N–H and O–H groups in total.